The molecular formula is C22H17ClN4O2S. The lowest BCUT2D eigenvalue weighted by atomic mass is 10.2. The molecule has 0 aliphatic carbocycles. The fourth-order valence-electron chi connectivity index (χ4n) is 2.75. The molecule has 0 saturated carbocycles. The van der Waals surface area contributed by atoms with Crippen LogP contribution in [0.15, 0.2) is 71.8 Å². The summed E-state index contributed by atoms with van der Waals surface area (Å²) in [6.07, 6.45) is 1.57. The summed E-state index contributed by atoms with van der Waals surface area (Å²) in [6, 6.07) is 20.1. The fraction of sp³-hybridized carbons (Fsp3) is 0.0455. The molecular weight excluding hydrogens is 420 g/mol. The van der Waals surface area contributed by atoms with Crippen LogP contribution in [0.2, 0.25) is 5.02 Å². The summed E-state index contributed by atoms with van der Waals surface area (Å²) in [6.45, 7) is 0.430. The monoisotopic (exact) mass is 436 g/mol. The maximum absolute atomic E-state index is 12.3. The molecule has 30 heavy (non-hydrogen) atoms. The molecule has 4 rings (SSSR count). The zero-order valence-electron chi connectivity index (χ0n) is 15.7. The first kappa shape index (κ1) is 19.9. The molecule has 3 N–H and O–H groups in total. The standard InChI is InChI=1S/C22H17ClN4O2S/c23-17-7-4-14(5-8-17)13-29-18-3-1-2-15(10-18)12-25-27-21(28)16-6-9-19-20(11-16)30-22(24)26-19/h1-12H,13H2,(H2,24,26)(H,27,28)/b25-12-. The van der Waals surface area contributed by atoms with E-state index in [1.807, 2.05) is 48.5 Å². The number of thiazole rings is 1. The maximum atomic E-state index is 12.3. The second-order valence-electron chi connectivity index (χ2n) is 6.42. The molecule has 1 amide bonds. The Bertz CT molecular complexity index is 1220. The van der Waals surface area contributed by atoms with E-state index in [0.717, 1.165) is 21.3 Å². The first-order chi connectivity index (χ1) is 14.6. The molecule has 0 aliphatic rings. The van der Waals surface area contributed by atoms with Gasteiger partial charge < -0.3 is 10.5 Å². The molecule has 150 valence electrons. The number of halogens is 1. The average molecular weight is 437 g/mol. The van der Waals surface area contributed by atoms with Crippen molar-refractivity contribution in [2.75, 3.05) is 5.73 Å². The quantitative estimate of drug-likeness (QED) is 0.333. The summed E-state index contributed by atoms with van der Waals surface area (Å²) in [5.74, 6) is 0.392. The number of nitrogen functional groups attached to an aromatic ring is 1. The lowest BCUT2D eigenvalue weighted by molar-refractivity contribution is 0.0955. The second-order valence-corrected chi connectivity index (χ2v) is 7.92. The van der Waals surface area contributed by atoms with E-state index in [4.69, 9.17) is 22.1 Å². The van der Waals surface area contributed by atoms with Gasteiger partial charge >= 0.3 is 0 Å². The number of fused-ring (bicyclic) bond motifs is 1. The Morgan fingerprint density at radius 1 is 1.17 bits per heavy atom. The first-order valence-corrected chi connectivity index (χ1v) is 10.2. The number of amides is 1. The predicted octanol–water partition coefficient (Wildman–Crippen LogP) is 4.87. The molecule has 6 nitrogen and oxygen atoms in total. The van der Waals surface area contributed by atoms with Crippen molar-refractivity contribution in [3.05, 3.63) is 88.4 Å². The van der Waals surface area contributed by atoms with Gasteiger partial charge in [0.25, 0.3) is 5.91 Å². The van der Waals surface area contributed by atoms with Crippen molar-refractivity contribution in [2.24, 2.45) is 5.10 Å². The molecule has 1 aromatic heterocycles. The van der Waals surface area contributed by atoms with Crippen LogP contribution in [0, 0.1) is 0 Å². The Hall–Kier alpha value is -3.42. The van der Waals surface area contributed by atoms with Gasteiger partial charge in [-0.2, -0.15) is 5.10 Å². The topological polar surface area (TPSA) is 89.6 Å². The Kier molecular flexibility index (Phi) is 5.92. The van der Waals surface area contributed by atoms with Crippen molar-refractivity contribution in [2.45, 2.75) is 6.61 Å². The van der Waals surface area contributed by atoms with Crippen LogP contribution in [0.5, 0.6) is 5.75 Å². The summed E-state index contributed by atoms with van der Waals surface area (Å²) < 4.78 is 6.66. The van der Waals surface area contributed by atoms with Gasteiger partial charge in [-0.1, -0.05) is 47.2 Å². The Balaban J connectivity index is 1.36. The molecule has 1 heterocycles. The highest BCUT2D eigenvalue weighted by molar-refractivity contribution is 7.22. The van der Waals surface area contributed by atoms with E-state index in [0.29, 0.717) is 28.1 Å². The number of hydrogen-bond acceptors (Lipinski definition) is 6. The summed E-state index contributed by atoms with van der Waals surface area (Å²) >= 11 is 7.23. The molecule has 3 aromatic carbocycles. The minimum absolute atomic E-state index is 0.310. The van der Waals surface area contributed by atoms with E-state index < -0.39 is 0 Å². The van der Waals surface area contributed by atoms with Gasteiger partial charge in [0, 0.05) is 10.6 Å². The van der Waals surface area contributed by atoms with Crippen molar-refractivity contribution in [1.82, 2.24) is 10.4 Å². The lowest BCUT2D eigenvalue weighted by Crippen LogP contribution is -2.17. The lowest BCUT2D eigenvalue weighted by Gasteiger charge is -2.07. The molecule has 0 aliphatic heterocycles. The molecule has 0 unspecified atom stereocenters. The van der Waals surface area contributed by atoms with Crippen LogP contribution in [-0.2, 0) is 6.61 Å². The van der Waals surface area contributed by atoms with Crippen LogP contribution in [0.1, 0.15) is 21.5 Å². The van der Waals surface area contributed by atoms with E-state index in [9.17, 15) is 4.79 Å². The van der Waals surface area contributed by atoms with E-state index >= 15 is 0 Å². The fourth-order valence-corrected chi connectivity index (χ4v) is 3.65. The van der Waals surface area contributed by atoms with Crippen molar-refractivity contribution >= 4 is 50.4 Å². The van der Waals surface area contributed by atoms with Gasteiger partial charge in [0.2, 0.25) is 0 Å². The zero-order valence-corrected chi connectivity index (χ0v) is 17.3. The molecule has 0 saturated heterocycles. The number of benzene rings is 3. The molecule has 0 spiro atoms. The van der Waals surface area contributed by atoms with E-state index in [1.54, 1.807) is 24.4 Å². The van der Waals surface area contributed by atoms with Gasteiger partial charge in [-0.25, -0.2) is 10.4 Å². The van der Waals surface area contributed by atoms with Gasteiger partial charge in [-0.3, -0.25) is 4.79 Å². The van der Waals surface area contributed by atoms with Gasteiger partial charge in [0.15, 0.2) is 5.13 Å². The number of nitrogens with two attached hydrogens (primary N) is 1. The summed E-state index contributed by atoms with van der Waals surface area (Å²) in [5, 5.41) is 5.20. The molecule has 8 heteroatoms. The first-order valence-electron chi connectivity index (χ1n) is 9.03. The average Bonchev–Trinajstić information content (AvgIpc) is 3.13. The van der Waals surface area contributed by atoms with E-state index in [1.165, 1.54) is 11.3 Å². The number of rotatable bonds is 6. The van der Waals surface area contributed by atoms with E-state index in [2.05, 4.69) is 15.5 Å². The largest absolute Gasteiger partial charge is 0.489 e. The van der Waals surface area contributed by atoms with Crippen LogP contribution >= 0.6 is 22.9 Å². The molecule has 0 radical (unpaired) electrons. The third-order valence-electron chi connectivity index (χ3n) is 4.22. The molecule has 0 bridgehead atoms. The summed E-state index contributed by atoms with van der Waals surface area (Å²) in [4.78, 5) is 16.5. The zero-order chi connectivity index (χ0) is 20.9. The van der Waals surface area contributed by atoms with Crippen LogP contribution in [0.4, 0.5) is 5.13 Å². The smallest absolute Gasteiger partial charge is 0.271 e. The number of hydrogen-bond donors (Lipinski definition) is 2. The second kappa shape index (κ2) is 8.94. The minimum Gasteiger partial charge on any atom is -0.489 e. The number of ether oxygens (including phenoxy) is 1. The number of anilines is 1. The highest BCUT2D eigenvalue weighted by atomic mass is 35.5. The van der Waals surface area contributed by atoms with Crippen LogP contribution in [0.3, 0.4) is 0 Å². The van der Waals surface area contributed by atoms with Gasteiger partial charge in [-0.05, 0) is 53.6 Å². The highest BCUT2D eigenvalue weighted by Gasteiger charge is 2.08. The van der Waals surface area contributed by atoms with Crippen molar-refractivity contribution in [3.63, 3.8) is 0 Å². The van der Waals surface area contributed by atoms with Crippen molar-refractivity contribution in [1.29, 1.82) is 0 Å². The third-order valence-corrected chi connectivity index (χ3v) is 5.32. The number of carbonyl (C=O) groups is 1. The Morgan fingerprint density at radius 3 is 2.83 bits per heavy atom. The van der Waals surface area contributed by atoms with Crippen LogP contribution < -0.4 is 15.9 Å². The number of aromatic nitrogens is 1. The van der Waals surface area contributed by atoms with Gasteiger partial charge in [0.1, 0.15) is 12.4 Å². The summed E-state index contributed by atoms with van der Waals surface area (Å²) in [7, 11) is 0. The number of nitrogens with one attached hydrogen (secondary N) is 1. The summed E-state index contributed by atoms with van der Waals surface area (Å²) in [5.41, 5.74) is 11.3. The van der Waals surface area contributed by atoms with Crippen LogP contribution in [-0.4, -0.2) is 17.1 Å². The van der Waals surface area contributed by atoms with Gasteiger partial charge in [0.05, 0.1) is 16.4 Å². The number of carbonyl (C=O) groups excluding carboxylic acids is 1. The van der Waals surface area contributed by atoms with E-state index in [-0.39, 0.29) is 5.91 Å². The van der Waals surface area contributed by atoms with Crippen molar-refractivity contribution < 1.29 is 9.53 Å². The SMILES string of the molecule is Nc1nc2ccc(C(=O)N/N=C\c3cccc(OCc4ccc(Cl)cc4)c3)cc2s1. The molecule has 4 aromatic rings. The van der Waals surface area contributed by atoms with Crippen LogP contribution in [0.25, 0.3) is 10.2 Å². The Morgan fingerprint density at radius 2 is 2.00 bits per heavy atom. The highest BCUT2D eigenvalue weighted by Crippen LogP contribution is 2.24. The number of nitrogens with zero attached hydrogens (tertiary/aromatic N) is 2. The minimum atomic E-state index is -0.310. The molecule has 0 atom stereocenters. The Labute approximate surface area is 182 Å². The maximum Gasteiger partial charge on any atom is 0.271 e. The number of hydrazone groups is 1. The third kappa shape index (κ3) is 4.94. The predicted molar refractivity (Wildman–Crippen MR) is 121 cm³/mol. The molecule has 0 fully saturated rings. The van der Waals surface area contributed by atoms with Gasteiger partial charge in [-0.15, -0.1) is 0 Å². The normalized spacial score (nSPS) is 11.1. The van der Waals surface area contributed by atoms with Crippen molar-refractivity contribution in [3.8, 4) is 5.75 Å².